The lowest BCUT2D eigenvalue weighted by atomic mass is 10.0. The molecular weight excluding hydrogens is 789 g/mol. The molecule has 2 aromatic heterocycles. The van der Waals surface area contributed by atoms with Gasteiger partial charge in [0.25, 0.3) is 17.4 Å². The molecule has 4 amide bonds. The van der Waals surface area contributed by atoms with Crippen LogP contribution in [0.15, 0.2) is 95.8 Å². The zero-order valence-corrected chi connectivity index (χ0v) is 33.6. The first kappa shape index (κ1) is 41.2. The second-order valence-corrected chi connectivity index (χ2v) is 14.9. The van der Waals surface area contributed by atoms with Gasteiger partial charge >= 0.3 is 0 Å². The van der Waals surface area contributed by atoms with Crippen LogP contribution < -0.4 is 36.6 Å². The Morgan fingerprint density at radius 1 is 1.02 bits per heavy atom. The van der Waals surface area contributed by atoms with Gasteiger partial charge in [-0.1, -0.05) is 42.8 Å². The summed E-state index contributed by atoms with van der Waals surface area (Å²) in [7, 11) is 1.72. The standard InChI is InChI=1S/C43H42N8O8S/c1-3-60-48-28-12-14-36(33(21-28)34-24-49(2)43(56)39-31(34)16-17-46-39)59-30-10-5-9-29(22-30)58-25-27(44)23-50(45)18-20-57-19-6-8-26-7-4-11-32-38(26)42(55)51(41(32)54)35-13-15-37(52)47-40(35)53/h4-5,7,9-12,14,16-17,21-24,35,46,48H,3,13,15,18-20,25,44-45H2,1-2H3,(H,47,52,53)/b27-23-. The van der Waals surface area contributed by atoms with E-state index in [2.05, 4.69) is 33.8 Å². The third kappa shape index (κ3) is 9.00. The SMILES string of the molecule is CCSNc1ccc(Oc2cccc(OC/C(N)=C/N(N)CCOCC#Cc3cccc4c3C(=O)N(C3CCC(=O)NC3=O)C4=O)c2)c(-c2cn(C)c(=O)c3[nH]ccc23)c1. The second-order valence-electron chi connectivity index (χ2n) is 13.8. The maximum Gasteiger partial charge on any atom is 0.274 e. The molecule has 0 spiro atoms. The molecule has 7 rings (SSSR count). The van der Waals surface area contributed by atoms with Crippen molar-refractivity contribution >= 4 is 52.2 Å². The van der Waals surface area contributed by atoms with Crippen LogP contribution in [0.5, 0.6) is 17.2 Å². The molecule has 60 heavy (non-hydrogen) atoms. The molecule has 7 N–H and O–H groups in total. The number of aromatic nitrogens is 2. The molecule has 5 aromatic rings. The number of rotatable bonds is 15. The number of piperidine rings is 1. The van der Waals surface area contributed by atoms with E-state index in [1.165, 1.54) is 17.3 Å². The molecule has 0 aliphatic carbocycles. The quantitative estimate of drug-likeness (QED) is 0.0250. The van der Waals surface area contributed by atoms with E-state index in [1.807, 2.05) is 36.4 Å². The topological polar surface area (TPSA) is 216 Å². The highest BCUT2D eigenvalue weighted by Gasteiger charge is 2.45. The average Bonchev–Trinajstić information content (AvgIpc) is 3.83. The Bertz CT molecular complexity index is 2640. The van der Waals surface area contributed by atoms with Gasteiger partial charge < -0.3 is 39.2 Å². The molecule has 16 nitrogen and oxygen atoms in total. The highest BCUT2D eigenvalue weighted by Crippen LogP contribution is 2.39. The van der Waals surface area contributed by atoms with Gasteiger partial charge in [0.1, 0.15) is 42.0 Å². The number of hydrogen-bond donors (Lipinski definition) is 5. The largest absolute Gasteiger partial charge is 0.487 e. The maximum absolute atomic E-state index is 13.3. The van der Waals surface area contributed by atoms with E-state index < -0.39 is 29.7 Å². The van der Waals surface area contributed by atoms with Crippen LogP contribution in [0.25, 0.3) is 22.0 Å². The van der Waals surface area contributed by atoms with Gasteiger partial charge in [0.05, 0.1) is 30.0 Å². The number of pyridine rings is 1. The van der Waals surface area contributed by atoms with E-state index in [4.69, 9.17) is 25.8 Å². The van der Waals surface area contributed by atoms with E-state index in [9.17, 15) is 24.0 Å². The van der Waals surface area contributed by atoms with Crippen LogP contribution in [-0.4, -0.2) is 81.2 Å². The van der Waals surface area contributed by atoms with Gasteiger partial charge in [-0.05, 0) is 55.0 Å². The van der Waals surface area contributed by atoms with E-state index in [1.54, 1.807) is 60.2 Å². The van der Waals surface area contributed by atoms with Gasteiger partial charge in [-0.2, -0.15) is 0 Å². The van der Waals surface area contributed by atoms with Crippen LogP contribution in [0.3, 0.4) is 0 Å². The summed E-state index contributed by atoms with van der Waals surface area (Å²) in [6.45, 7) is 2.59. The summed E-state index contributed by atoms with van der Waals surface area (Å²) >= 11 is 1.57. The average molecular weight is 831 g/mol. The van der Waals surface area contributed by atoms with Crippen molar-refractivity contribution < 1.29 is 33.4 Å². The van der Waals surface area contributed by atoms with Gasteiger partial charge in [0, 0.05) is 71.6 Å². The number of hydrazine groups is 1. The Morgan fingerprint density at radius 2 is 1.83 bits per heavy atom. The van der Waals surface area contributed by atoms with Gasteiger partial charge in [0.2, 0.25) is 11.8 Å². The van der Waals surface area contributed by atoms with Gasteiger partial charge in [-0.25, -0.2) is 5.84 Å². The Morgan fingerprint density at radius 3 is 2.65 bits per heavy atom. The highest BCUT2D eigenvalue weighted by atomic mass is 32.2. The Kier molecular flexibility index (Phi) is 12.5. The van der Waals surface area contributed by atoms with E-state index in [-0.39, 0.29) is 55.9 Å². The summed E-state index contributed by atoms with van der Waals surface area (Å²) in [4.78, 5) is 67.1. The molecule has 2 aliphatic rings. The first-order valence-electron chi connectivity index (χ1n) is 19.0. The van der Waals surface area contributed by atoms with Crippen molar-refractivity contribution in [2.75, 3.05) is 36.8 Å². The number of hydrogen-bond acceptors (Lipinski definition) is 13. The number of nitrogens with two attached hydrogens (primary N) is 2. The Labute approximate surface area is 348 Å². The summed E-state index contributed by atoms with van der Waals surface area (Å²) in [5, 5.41) is 4.33. The van der Waals surface area contributed by atoms with Crippen molar-refractivity contribution in [2.24, 2.45) is 18.6 Å². The normalized spacial score (nSPS) is 15.1. The number of aryl methyl sites for hydroxylation is 1. The van der Waals surface area contributed by atoms with Crippen LogP contribution >= 0.6 is 11.9 Å². The van der Waals surface area contributed by atoms with Crippen molar-refractivity contribution in [2.45, 2.75) is 25.8 Å². The molecule has 308 valence electrons. The number of ether oxygens (including phenoxy) is 3. The predicted molar refractivity (Wildman–Crippen MR) is 227 cm³/mol. The minimum Gasteiger partial charge on any atom is -0.487 e. The lowest BCUT2D eigenvalue weighted by Gasteiger charge is -2.27. The smallest absolute Gasteiger partial charge is 0.274 e. The van der Waals surface area contributed by atoms with Crippen LogP contribution in [0.2, 0.25) is 0 Å². The van der Waals surface area contributed by atoms with Crippen LogP contribution in [0.4, 0.5) is 5.69 Å². The molecule has 1 unspecified atom stereocenters. The van der Waals surface area contributed by atoms with Gasteiger partial charge in [-0.3, -0.25) is 34.2 Å². The summed E-state index contributed by atoms with van der Waals surface area (Å²) in [5.74, 6) is 12.0. The number of carbonyl (C=O) groups is 4. The molecule has 1 saturated heterocycles. The van der Waals surface area contributed by atoms with Crippen molar-refractivity contribution in [1.29, 1.82) is 0 Å². The molecule has 1 atom stereocenters. The first-order valence-corrected chi connectivity index (χ1v) is 20.0. The van der Waals surface area contributed by atoms with Crippen LogP contribution in [0.1, 0.15) is 46.0 Å². The molecule has 1 fully saturated rings. The summed E-state index contributed by atoms with van der Waals surface area (Å²) in [6, 6.07) is 18.5. The number of anilines is 1. The minimum absolute atomic E-state index is 0.0130. The number of H-pyrrole nitrogens is 1. The van der Waals surface area contributed by atoms with Gasteiger partial charge in [-0.15, -0.1) is 0 Å². The Hall–Kier alpha value is -7.00. The summed E-state index contributed by atoms with van der Waals surface area (Å²) in [5.41, 5.74) is 10.1. The van der Waals surface area contributed by atoms with Crippen molar-refractivity contribution in [3.63, 3.8) is 0 Å². The highest BCUT2D eigenvalue weighted by molar-refractivity contribution is 8.00. The number of carbonyl (C=O) groups excluding carboxylic acids is 4. The zero-order chi connectivity index (χ0) is 42.3. The van der Waals surface area contributed by atoms with Crippen molar-refractivity contribution in [3.8, 4) is 40.2 Å². The van der Waals surface area contributed by atoms with Gasteiger partial charge in [0.15, 0.2) is 0 Å². The third-order valence-corrected chi connectivity index (χ3v) is 10.3. The molecule has 4 heterocycles. The summed E-state index contributed by atoms with van der Waals surface area (Å²) < 4.78 is 22.9. The lowest BCUT2D eigenvalue weighted by molar-refractivity contribution is -0.136. The molecular formula is C43H42N8O8S. The molecule has 2 aliphatic heterocycles. The molecule has 0 radical (unpaired) electrons. The number of aromatic amines is 1. The van der Waals surface area contributed by atoms with Crippen molar-refractivity contribution in [3.05, 3.63) is 118 Å². The number of fused-ring (bicyclic) bond motifs is 2. The van der Waals surface area contributed by atoms with Crippen LogP contribution in [0, 0.1) is 11.8 Å². The maximum atomic E-state index is 13.3. The fourth-order valence-corrected chi connectivity index (χ4v) is 7.25. The number of amides is 4. The fourth-order valence-electron chi connectivity index (χ4n) is 6.81. The molecule has 0 saturated carbocycles. The zero-order valence-electron chi connectivity index (χ0n) is 32.8. The number of benzene rings is 3. The predicted octanol–water partition coefficient (Wildman–Crippen LogP) is 4.23. The minimum atomic E-state index is -1.06. The van der Waals surface area contributed by atoms with E-state index >= 15 is 0 Å². The number of imide groups is 2. The fraction of sp³-hybridized carbons (Fsp3) is 0.233. The second kappa shape index (κ2) is 18.3. The molecule has 0 bridgehead atoms. The molecule has 17 heteroatoms. The molecule has 3 aromatic carbocycles. The van der Waals surface area contributed by atoms with E-state index in [0.29, 0.717) is 34.0 Å². The number of nitrogens with zero attached hydrogens (tertiary/aromatic N) is 3. The summed E-state index contributed by atoms with van der Waals surface area (Å²) in [6.07, 6.45) is 5.19. The lowest BCUT2D eigenvalue weighted by Crippen LogP contribution is -2.54. The Balaban J connectivity index is 0.921. The van der Waals surface area contributed by atoms with Crippen LogP contribution in [-0.2, 0) is 21.4 Å². The first-order chi connectivity index (χ1) is 29.0. The monoisotopic (exact) mass is 830 g/mol. The van der Waals surface area contributed by atoms with Crippen molar-refractivity contribution in [1.82, 2.24) is 24.8 Å². The number of nitrogens with one attached hydrogen (secondary N) is 3. The third-order valence-electron chi connectivity index (χ3n) is 9.63. The van der Waals surface area contributed by atoms with E-state index in [0.717, 1.165) is 32.9 Å².